The summed E-state index contributed by atoms with van der Waals surface area (Å²) in [5.41, 5.74) is 0.206. The predicted molar refractivity (Wildman–Crippen MR) is 96.6 cm³/mol. The first-order valence-corrected chi connectivity index (χ1v) is 8.59. The van der Waals surface area contributed by atoms with Crippen molar-refractivity contribution in [2.24, 2.45) is 5.92 Å². The molecule has 2 atom stereocenters. The molecule has 0 heterocycles. The van der Waals surface area contributed by atoms with E-state index in [0.717, 1.165) is 10.5 Å². The normalized spacial score (nSPS) is 14.3. The molecule has 0 aliphatic rings. The van der Waals surface area contributed by atoms with Crippen molar-refractivity contribution < 1.29 is 19.2 Å². The second-order valence-electron chi connectivity index (χ2n) is 6.75. The first kappa shape index (κ1) is 20.8. The van der Waals surface area contributed by atoms with Gasteiger partial charge in [0.15, 0.2) is 18.0 Å². The van der Waals surface area contributed by atoms with E-state index in [1.807, 2.05) is 46.0 Å². The summed E-state index contributed by atoms with van der Waals surface area (Å²) in [6.45, 7) is 9.06. The van der Waals surface area contributed by atoms with Gasteiger partial charge in [-0.05, 0) is 38.0 Å². The molecule has 1 amide bonds. The third-order valence-corrected chi connectivity index (χ3v) is 4.28. The fourth-order valence-electron chi connectivity index (χ4n) is 2.42. The molecule has 1 aromatic carbocycles. The van der Waals surface area contributed by atoms with Gasteiger partial charge in [-0.25, -0.2) is 0 Å². The van der Waals surface area contributed by atoms with Crippen molar-refractivity contribution in [1.29, 1.82) is 5.26 Å². The fourth-order valence-corrected chi connectivity index (χ4v) is 2.42. The molecule has 138 valence electrons. The Hall–Kier alpha value is -2.26. The van der Waals surface area contributed by atoms with Crippen molar-refractivity contribution in [3.05, 3.63) is 23.8 Å². The number of benzene rings is 1. The molecule has 6 nitrogen and oxygen atoms in total. The molecule has 0 aromatic heterocycles. The van der Waals surface area contributed by atoms with Crippen LogP contribution in [0.15, 0.2) is 18.2 Å². The highest BCUT2D eigenvalue weighted by Gasteiger charge is 2.30. The Bertz CT molecular complexity index is 625. The van der Waals surface area contributed by atoms with Crippen LogP contribution in [0.1, 0.15) is 33.3 Å². The Labute approximate surface area is 150 Å². The standard InChI is InChI=1S/C19H29N3O3/c1-7-25-16-9-8-15(10-17(16)24-6)11-22(5)12-18(23)21-19(4,13-20)14(2)3/h8-10,14H,7,11-12H2,1-6H3,(H,21,23)/p+1/t19-/m0/s1. The topological polar surface area (TPSA) is 75.8 Å². The number of likely N-dealkylation sites (N-methyl/N-ethyl adjacent to an activating group) is 1. The smallest absolute Gasteiger partial charge is 0.276 e. The molecule has 1 aromatic rings. The van der Waals surface area contributed by atoms with Gasteiger partial charge < -0.3 is 19.7 Å². The molecule has 0 saturated carbocycles. The van der Waals surface area contributed by atoms with Gasteiger partial charge in [0.25, 0.3) is 5.91 Å². The Balaban J connectivity index is 2.69. The van der Waals surface area contributed by atoms with Crippen LogP contribution < -0.4 is 19.7 Å². The molecule has 0 aliphatic carbocycles. The van der Waals surface area contributed by atoms with E-state index in [9.17, 15) is 10.1 Å². The van der Waals surface area contributed by atoms with E-state index in [1.54, 1.807) is 14.0 Å². The molecule has 0 radical (unpaired) electrons. The van der Waals surface area contributed by atoms with Gasteiger partial charge in [0.05, 0.1) is 26.8 Å². The molecule has 1 rings (SSSR count). The van der Waals surface area contributed by atoms with Crippen molar-refractivity contribution in [1.82, 2.24) is 5.32 Å². The maximum absolute atomic E-state index is 12.3. The van der Waals surface area contributed by atoms with Gasteiger partial charge in [-0.1, -0.05) is 13.8 Å². The second-order valence-corrected chi connectivity index (χ2v) is 6.75. The monoisotopic (exact) mass is 348 g/mol. The largest absolute Gasteiger partial charge is 0.493 e. The van der Waals surface area contributed by atoms with Crippen LogP contribution in [-0.4, -0.2) is 38.8 Å². The van der Waals surface area contributed by atoms with Crippen LogP contribution in [0.5, 0.6) is 11.5 Å². The van der Waals surface area contributed by atoms with Gasteiger partial charge in [-0.3, -0.25) is 4.79 Å². The molecule has 0 fully saturated rings. The molecule has 0 aliphatic heterocycles. The number of rotatable bonds is 9. The summed E-state index contributed by atoms with van der Waals surface area (Å²) < 4.78 is 10.9. The number of carbonyl (C=O) groups excluding carboxylic acids is 1. The number of ether oxygens (including phenoxy) is 2. The lowest BCUT2D eigenvalue weighted by Crippen LogP contribution is -3.09. The van der Waals surface area contributed by atoms with E-state index >= 15 is 0 Å². The fraction of sp³-hybridized carbons (Fsp3) is 0.579. The maximum Gasteiger partial charge on any atom is 0.276 e. The summed E-state index contributed by atoms with van der Waals surface area (Å²) in [6.07, 6.45) is 0. The lowest BCUT2D eigenvalue weighted by Gasteiger charge is -2.27. The summed E-state index contributed by atoms with van der Waals surface area (Å²) in [5, 5.41) is 12.1. The van der Waals surface area contributed by atoms with Crippen LogP contribution in [0.3, 0.4) is 0 Å². The zero-order valence-electron chi connectivity index (χ0n) is 16.1. The number of nitrogens with zero attached hydrogens (tertiary/aromatic N) is 1. The summed E-state index contributed by atoms with van der Waals surface area (Å²) in [5.74, 6) is 1.31. The van der Waals surface area contributed by atoms with Crippen LogP contribution in [0.2, 0.25) is 0 Å². The second kappa shape index (κ2) is 9.28. The molecular formula is C19H30N3O3+. The summed E-state index contributed by atoms with van der Waals surface area (Å²) in [7, 11) is 3.56. The van der Waals surface area contributed by atoms with E-state index in [-0.39, 0.29) is 11.8 Å². The van der Waals surface area contributed by atoms with E-state index in [1.165, 1.54) is 0 Å². The maximum atomic E-state index is 12.3. The molecule has 2 N–H and O–H groups in total. The Morgan fingerprint density at radius 2 is 2.08 bits per heavy atom. The Morgan fingerprint density at radius 1 is 1.40 bits per heavy atom. The minimum Gasteiger partial charge on any atom is -0.493 e. The molecular weight excluding hydrogens is 318 g/mol. The Morgan fingerprint density at radius 3 is 2.60 bits per heavy atom. The average molecular weight is 348 g/mol. The minimum atomic E-state index is -0.847. The molecule has 1 unspecified atom stereocenters. The van der Waals surface area contributed by atoms with Crippen LogP contribution in [0, 0.1) is 17.2 Å². The first-order chi connectivity index (χ1) is 11.8. The van der Waals surface area contributed by atoms with E-state index in [0.29, 0.717) is 31.2 Å². The number of methoxy groups -OCH3 is 1. The summed E-state index contributed by atoms with van der Waals surface area (Å²) in [4.78, 5) is 13.3. The van der Waals surface area contributed by atoms with Gasteiger partial charge in [-0.2, -0.15) is 5.26 Å². The van der Waals surface area contributed by atoms with Crippen molar-refractivity contribution in [2.75, 3.05) is 27.3 Å². The SMILES string of the molecule is CCOc1ccc(C[NH+](C)CC(=O)N[C@@](C)(C#N)C(C)C)cc1OC. The quantitative estimate of drug-likeness (QED) is 0.702. The van der Waals surface area contributed by atoms with Gasteiger partial charge in [-0.15, -0.1) is 0 Å². The number of amides is 1. The number of quaternary nitrogens is 1. The number of hydrogen-bond acceptors (Lipinski definition) is 4. The zero-order valence-corrected chi connectivity index (χ0v) is 16.1. The number of hydrogen-bond donors (Lipinski definition) is 2. The third kappa shape index (κ3) is 5.95. The van der Waals surface area contributed by atoms with E-state index in [2.05, 4.69) is 11.4 Å². The molecule has 6 heteroatoms. The van der Waals surface area contributed by atoms with Gasteiger partial charge in [0, 0.05) is 5.56 Å². The number of nitriles is 1. The Kier molecular flexibility index (Phi) is 7.72. The third-order valence-electron chi connectivity index (χ3n) is 4.28. The zero-order chi connectivity index (χ0) is 19.0. The van der Waals surface area contributed by atoms with E-state index in [4.69, 9.17) is 9.47 Å². The lowest BCUT2D eigenvalue weighted by molar-refractivity contribution is -0.885. The summed E-state index contributed by atoms with van der Waals surface area (Å²) >= 11 is 0. The lowest BCUT2D eigenvalue weighted by atomic mass is 9.90. The van der Waals surface area contributed by atoms with Crippen molar-refractivity contribution in [2.45, 2.75) is 39.8 Å². The first-order valence-electron chi connectivity index (χ1n) is 8.59. The van der Waals surface area contributed by atoms with Crippen LogP contribution >= 0.6 is 0 Å². The van der Waals surface area contributed by atoms with Crippen molar-refractivity contribution in [3.8, 4) is 17.6 Å². The predicted octanol–water partition coefficient (Wildman–Crippen LogP) is 1.16. The van der Waals surface area contributed by atoms with Gasteiger partial charge in [0.2, 0.25) is 0 Å². The number of carbonyl (C=O) groups is 1. The molecule has 0 bridgehead atoms. The highest BCUT2D eigenvalue weighted by Crippen LogP contribution is 2.27. The van der Waals surface area contributed by atoms with Gasteiger partial charge in [0.1, 0.15) is 12.1 Å². The van der Waals surface area contributed by atoms with Crippen LogP contribution in [0.25, 0.3) is 0 Å². The molecule has 25 heavy (non-hydrogen) atoms. The molecule has 0 spiro atoms. The van der Waals surface area contributed by atoms with Crippen molar-refractivity contribution in [3.63, 3.8) is 0 Å². The highest BCUT2D eigenvalue weighted by molar-refractivity contribution is 5.78. The molecule has 0 saturated heterocycles. The number of nitrogens with one attached hydrogen (secondary N) is 2. The highest BCUT2D eigenvalue weighted by atomic mass is 16.5. The minimum absolute atomic E-state index is 0.0390. The van der Waals surface area contributed by atoms with E-state index < -0.39 is 5.54 Å². The van der Waals surface area contributed by atoms with Crippen LogP contribution in [-0.2, 0) is 11.3 Å². The van der Waals surface area contributed by atoms with Gasteiger partial charge >= 0.3 is 0 Å². The summed E-state index contributed by atoms with van der Waals surface area (Å²) in [6, 6.07) is 7.98. The average Bonchev–Trinajstić information content (AvgIpc) is 2.55. The van der Waals surface area contributed by atoms with Crippen molar-refractivity contribution >= 4 is 5.91 Å². The van der Waals surface area contributed by atoms with Crippen LogP contribution in [0.4, 0.5) is 0 Å².